The molecule has 0 aromatic rings. The van der Waals surface area contributed by atoms with Crippen LogP contribution in [0, 0.1) is 0 Å². The van der Waals surface area contributed by atoms with Gasteiger partial charge in [0, 0.05) is 0 Å². The molecular formula is C11H17B. The van der Waals surface area contributed by atoms with Crippen LogP contribution in [0.15, 0.2) is 36.0 Å². The standard InChI is InChI=1S/C11H17B/c1-5-7-9(3)11(8-6-2)10(4)12/h5,7-8,10H,1,6H2,2-4H3/b9-7-,11-8+. The van der Waals surface area contributed by atoms with E-state index in [0.29, 0.717) is 0 Å². The first-order valence-electron chi connectivity index (χ1n) is 4.38. The van der Waals surface area contributed by atoms with Crippen molar-refractivity contribution in [3.05, 3.63) is 36.0 Å². The predicted molar refractivity (Wildman–Crippen MR) is 57.5 cm³/mol. The SMILES string of the molecule is [B]C(C)C(=C/CC)/C(C)=C\C=C. The summed E-state index contributed by atoms with van der Waals surface area (Å²) in [5.74, 6) is 0.112. The zero-order valence-corrected chi connectivity index (χ0v) is 8.30. The van der Waals surface area contributed by atoms with Crippen LogP contribution >= 0.6 is 0 Å². The molecule has 0 aliphatic rings. The molecule has 0 heterocycles. The molecule has 1 unspecified atom stereocenters. The summed E-state index contributed by atoms with van der Waals surface area (Å²) >= 11 is 0. The molecule has 64 valence electrons. The van der Waals surface area contributed by atoms with E-state index in [4.69, 9.17) is 7.85 Å². The molecule has 0 amide bonds. The van der Waals surface area contributed by atoms with E-state index in [1.807, 2.05) is 13.0 Å². The molecule has 12 heavy (non-hydrogen) atoms. The molecule has 0 aliphatic heterocycles. The highest BCUT2D eigenvalue weighted by Crippen LogP contribution is 2.21. The Morgan fingerprint density at radius 1 is 1.58 bits per heavy atom. The predicted octanol–water partition coefficient (Wildman–Crippen LogP) is 3.43. The van der Waals surface area contributed by atoms with Crippen molar-refractivity contribution in [2.24, 2.45) is 0 Å². The smallest absolute Gasteiger partial charge is 0.0759 e. The molecule has 0 fully saturated rings. The summed E-state index contributed by atoms with van der Waals surface area (Å²) < 4.78 is 0. The third kappa shape index (κ3) is 3.61. The van der Waals surface area contributed by atoms with Crippen LogP contribution < -0.4 is 0 Å². The fourth-order valence-electron chi connectivity index (χ4n) is 1.20. The van der Waals surface area contributed by atoms with Gasteiger partial charge >= 0.3 is 0 Å². The van der Waals surface area contributed by atoms with Gasteiger partial charge in [-0.25, -0.2) is 0 Å². The van der Waals surface area contributed by atoms with Gasteiger partial charge in [0.15, 0.2) is 0 Å². The lowest BCUT2D eigenvalue weighted by atomic mass is 9.79. The summed E-state index contributed by atoms with van der Waals surface area (Å²) in [6, 6.07) is 0. The third-order valence-corrected chi connectivity index (χ3v) is 1.74. The molecule has 0 saturated heterocycles. The van der Waals surface area contributed by atoms with Crippen molar-refractivity contribution in [2.45, 2.75) is 33.0 Å². The first-order valence-corrected chi connectivity index (χ1v) is 4.38. The molecule has 0 bridgehead atoms. The highest BCUT2D eigenvalue weighted by molar-refractivity contribution is 6.13. The Hall–Kier alpha value is -0.715. The van der Waals surface area contributed by atoms with Gasteiger partial charge < -0.3 is 0 Å². The van der Waals surface area contributed by atoms with Crippen molar-refractivity contribution >= 4 is 7.85 Å². The van der Waals surface area contributed by atoms with Crippen LogP contribution in [-0.4, -0.2) is 7.85 Å². The van der Waals surface area contributed by atoms with Crippen molar-refractivity contribution < 1.29 is 0 Å². The van der Waals surface area contributed by atoms with E-state index in [1.54, 1.807) is 6.08 Å². The maximum Gasteiger partial charge on any atom is 0.0759 e. The van der Waals surface area contributed by atoms with Gasteiger partial charge in [-0.05, 0) is 18.9 Å². The van der Waals surface area contributed by atoms with Crippen molar-refractivity contribution in [2.75, 3.05) is 0 Å². The molecule has 0 spiro atoms. The number of rotatable bonds is 4. The first kappa shape index (κ1) is 11.3. The Labute approximate surface area is 77.5 Å². The van der Waals surface area contributed by atoms with Crippen LogP contribution in [0.4, 0.5) is 0 Å². The first-order chi connectivity index (χ1) is 5.63. The lowest BCUT2D eigenvalue weighted by Gasteiger charge is -2.11. The summed E-state index contributed by atoms with van der Waals surface area (Å²) in [6.07, 6.45) is 6.98. The second-order valence-electron chi connectivity index (χ2n) is 2.94. The summed E-state index contributed by atoms with van der Waals surface area (Å²) in [6.45, 7) is 9.84. The molecule has 0 aromatic heterocycles. The Morgan fingerprint density at radius 3 is 2.50 bits per heavy atom. The van der Waals surface area contributed by atoms with Gasteiger partial charge in [0.2, 0.25) is 0 Å². The maximum absolute atomic E-state index is 5.81. The minimum absolute atomic E-state index is 0.112. The maximum atomic E-state index is 5.81. The fraction of sp³-hybridized carbons (Fsp3) is 0.455. The van der Waals surface area contributed by atoms with Gasteiger partial charge in [-0.3, -0.25) is 0 Å². The molecule has 0 N–H and O–H groups in total. The minimum atomic E-state index is 0.112. The second kappa shape index (κ2) is 5.88. The fourth-order valence-corrected chi connectivity index (χ4v) is 1.20. The summed E-state index contributed by atoms with van der Waals surface area (Å²) in [4.78, 5) is 0. The highest BCUT2D eigenvalue weighted by Gasteiger charge is 2.02. The molecule has 0 saturated carbocycles. The lowest BCUT2D eigenvalue weighted by molar-refractivity contribution is 1.06. The van der Waals surface area contributed by atoms with Crippen LogP contribution in [-0.2, 0) is 0 Å². The molecule has 0 rings (SSSR count). The molecule has 1 atom stereocenters. The van der Waals surface area contributed by atoms with Crippen molar-refractivity contribution in [1.29, 1.82) is 0 Å². The molecular weight excluding hydrogens is 143 g/mol. The second-order valence-corrected chi connectivity index (χ2v) is 2.94. The van der Waals surface area contributed by atoms with E-state index in [2.05, 4.69) is 26.5 Å². The zero-order chi connectivity index (χ0) is 9.56. The highest BCUT2D eigenvalue weighted by atomic mass is 14.0. The Bertz CT molecular complexity index is 197. The molecule has 0 aromatic carbocycles. The van der Waals surface area contributed by atoms with Gasteiger partial charge in [0.25, 0.3) is 0 Å². The third-order valence-electron chi connectivity index (χ3n) is 1.74. The number of hydrogen-bond acceptors (Lipinski definition) is 0. The topological polar surface area (TPSA) is 0 Å². The monoisotopic (exact) mass is 160 g/mol. The number of hydrogen-bond donors (Lipinski definition) is 0. The summed E-state index contributed by atoms with van der Waals surface area (Å²) in [5.41, 5.74) is 2.43. The van der Waals surface area contributed by atoms with Gasteiger partial charge in [-0.15, -0.1) is 0 Å². The van der Waals surface area contributed by atoms with E-state index in [1.165, 1.54) is 11.1 Å². The minimum Gasteiger partial charge on any atom is -0.0991 e. The molecule has 1 heteroatoms. The average Bonchev–Trinajstić information content (AvgIpc) is 1.99. The van der Waals surface area contributed by atoms with Gasteiger partial charge in [-0.1, -0.05) is 50.0 Å². The van der Waals surface area contributed by atoms with Crippen LogP contribution in [0.25, 0.3) is 0 Å². The van der Waals surface area contributed by atoms with Gasteiger partial charge in [-0.2, -0.15) is 0 Å². The van der Waals surface area contributed by atoms with Gasteiger partial charge in [0.05, 0.1) is 7.85 Å². The molecule has 2 radical (unpaired) electrons. The molecule has 0 aliphatic carbocycles. The largest absolute Gasteiger partial charge is 0.0991 e. The zero-order valence-electron chi connectivity index (χ0n) is 8.30. The van der Waals surface area contributed by atoms with Crippen molar-refractivity contribution in [1.82, 2.24) is 0 Å². The Balaban J connectivity index is 4.63. The van der Waals surface area contributed by atoms with Crippen molar-refractivity contribution in [3.8, 4) is 0 Å². The normalized spacial score (nSPS) is 15.9. The van der Waals surface area contributed by atoms with Crippen LogP contribution in [0.3, 0.4) is 0 Å². The molecule has 0 nitrogen and oxygen atoms in total. The van der Waals surface area contributed by atoms with Crippen molar-refractivity contribution in [3.63, 3.8) is 0 Å². The van der Waals surface area contributed by atoms with Crippen LogP contribution in [0.5, 0.6) is 0 Å². The Morgan fingerprint density at radius 2 is 2.17 bits per heavy atom. The van der Waals surface area contributed by atoms with Crippen LogP contribution in [0.1, 0.15) is 27.2 Å². The van der Waals surface area contributed by atoms with E-state index in [9.17, 15) is 0 Å². The summed E-state index contributed by atoms with van der Waals surface area (Å²) in [7, 11) is 5.81. The van der Waals surface area contributed by atoms with E-state index < -0.39 is 0 Å². The van der Waals surface area contributed by atoms with E-state index >= 15 is 0 Å². The Kier molecular flexibility index (Phi) is 5.52. The van der Waals surface area contributed by atoms with Gasteiger partial charge in [0.1, 0.15) is 0 Å². The quantitative estimate of drug-likeness (QED) is 0.436. The summed E-state index contributed by atoms with van der Waals surface area (Å²) in [5, 5.41) is 0. The van der Waals surface area contributed by atoms with E-state index in [0.717, 1.165) is 6.42 Å². The van der Waals surface area contributed by atoms with Crippen LogP contribution in [0.2, 0.25) is 5.82 Å². The average molecular weight is 160 g/mol. The van der Waals surface area contributed by atoms with E-state index in [-0.39, 0.29) is 5.82 Å². The number of allylic oxidation sites excluding steroid dienone is 5. The lowest BCUT2D eigenvalue weighted by Crippen LogP contribution is -1.93.